The smallest absolute Gasteiger partial charge is 0.253 e. The van der Waals surface area contributed by atoms with Gasteiger partial charge in [-0.25, -0.2) is 0 Å². The summed E-state index contributed by atoms with van der Waals surface area (Å²) in [7, 11) is 0. The minimum absolute atomic E-state index is 0.162. The molecule has 3 heteroatoms. The molecule has 2 N–H and O–H groups in total. The largest absolute Gasteiger partial charge is 0.338 e. The molecule has 0 aliphatic carbocycles. The molecule has 1 aliphatic rings. The molecule has 3 nitrogen and oxygen atoms in total. The molecule has 1 saturated heterocycles. The van der Waals surface area contributed by atoms with Gasteiger partial charge in [0.05, 0.1) is 0 Å². The molecule has 19 heavy (non-hydrogen) atoms. The van der Waals surface area contributed by atoms with Crippen molar-refractivity contribution in [2.24, 2.45) is 17.6 Å². The van der Waals surface area contributed by atoms with E-state index in [0.717, 1.165) is 30.6 Å². The number of carbonyl (C=O) groups excluding carboxylic acids is 1. The fraction of sp³-hybridized carbons (Fsp3) is 0.562. The highest BCUT2D eigenvalue weighted by Crippen LogP contribution is 2.24. The third-order valence-corrected chi connectivity index (χ3v) is 3.81. The zero-order chi connectivity index (χ0) is 13.8. The summed E-state index contributed by atoms with van der Waals surface area (Å²) in [5.41, 5.74) is 7.41. The normalized spacial score (nSPS) is 19.2. The Kier molecular flexibility index (Phi) is 4.59. The molecule has 2 rings (SSSR count). The molecule has 1 heterocycles. The van der Waals surface area contributed by atoms with Crippen molar-refractivity contribution in [3.8, 4) is 0 Å². The van der Waals surface area contributed by atoms with Crippen LogP contribution in [0.15, 0.2) is 24.3 Å². The molecule has 1 unspecified atom stereocenters. The summed E-state index contributed by atoms with van der Waals surface area (Å²) in [6.07, 6.45) is 2.36. The summed E-state index contributed by atoms with van der Waals surface area (Å²) in [5.74, 6) is 1.55. The van der Waals surface area contributed by atoms with Crippen molar-refractivity contribution >= 4 is 5.91 Å². The Morgan fingerprint density at radius 2 is 2.05 bits per heavy atom. The van der Waals surface area contributed by atoms with Gasteiger partial charge in [-0.15, -0.1) is 0 Å². The van der Waals surface area contributed by atoms with Gasteiger partial charge in [-0.05, 0) is 42.4 Å². The predicted molar refractivity (Wildman–Crippen MR) is 77.8 cm³/mol. The molecule has 1 amide bonds. The Morgan fingerprint density at radius 3 is 2.63 bits per heavy atom. The molecule has 1 atom stereocenters. The maximum absolute atomic E-state index is 12.4. The van der Waals surface area contributed by atoms with Crippen LogP contribution < -0.4 is 5.73 Å². The van der Waals surface area contributed by atoms with E-state index < -0.39 is 0 Å². The van der Waals surface area contributed by atoms with Crippen LogP contribution in [0, 0.1) is 11.8 Å². The number of hydrogen-bond donors (Lipinski definition) is 1. The van der Waals surface area contributed by atoms with Crippen LogP contribution in [0.3, 0.4) is 0 Å². The number of carbonyl (C=O) groups is 1. The van der Waals surface area contributed by atoms with Gasteiger partial charge in [0, 0.05) is 25.2 Å². The summed E-state index contributed by atoms with van der Waals surface area (Å²) in [4.78, 5) is 14.4. The summed E-state index contributed by atoms with van der Waals surface area (Å²) in [5, 5.41) is 0. The van der Waals surface area contributed by atoms with Gasteiger partial charge in [-0.1, -0.05) is 26.0 Å². The number of amides is 1. The highest BCUT2D eigenvalue weighted by Gasteiger charge is 2.27. The van der Waals surface area contributed by atoms with E-state index in [1.165, 1.54) is 6.42 Å². The number of rotatable bonds is 4. The fourth-order valence-corrected chi connectivity index (χ4v) is 2.84. The molecule has 104 valence electrons. The third kappa shape index (κ3) is 3.57. The Balaban J connectivity index is 1.96. The van der Waals surface area contributed by atoms with Crippen LogP contribution in [-0.4, -0.2) is 23.9 Å². The zero-order valence-electron chi connectivity index (χ0n) is 11.9. The van der Waals surface area contributed by atoms with E-state index in [1.807, 2.05) is 29.2 Å². The Morgan fingerprint density at radius 1 is 1.37 bits per heavy atom. The summed E-state index contributed by atoms with van der Waals surface area (Å²) >= 11 is 0. The highest BCUT2D eigenvalue weighted by molar-refractivity contribution is 5.94. The van der Waals surface area contributed by atoms with Crippen molar-refractivity contribution in [2.45, 2.75) is 33.2 Å². The first-order chi connectivity index (χ1) is 9.10. The maximum atomic E-state index is 12.4. The lowest BCUT2D eigenvalue weighted by Gasteiger charge is -2.17. The number of nitrogens with zero attached hydrogens (tertiary/aromatic N) is 1. The fourth-order valence-electron chi connectivity index (χ4n) is 2.84. The van der Waals surface area contributed by atoms with Crippen molar-refractivity contribution in [2.75, 3.05) is 13.1 Å². The van der Waals surface area contributed by atoms with E-state index in [9.17, 15) is 4.79 Å². The standard InChI is InChI=1S/C16H24N2O/c1-12(2)9-14-7-8-18(11-14)16(19)15-5-3-13(10-17)4-6-15/h3-6,12,14H,7-11,17H2,1-2H3. The minimum Gasteiger partial charge on any atom is -0.338 e. The van der Waals surface area contributed by atoms with E-state index in [1.54, 1.807) is 0 Å². The molecule has 0 spiro atoms. The zero-order valence-corrected chi connectivity index (χ0v) is 11.9. The molecule has 0 radical (unpaired) electrons. The molecule has 0 bridgehead atoms. The SMILES string of the molecule is CC(C)CC1CCN(C(=O)c2ccc(CN)cc2)C1. The van der Waals surface area contributed by atoms with Crippen molar-refractivity contribution in [1.82, 2.24) is 4.90 Å². The number of hydrogen-bond acceptors (Lipinski definition) is 2. The number of benzene rings is 1. The molecule has 1 aromatic rings. The van der Waals surface area contributed by atoms with E-state index in [4.69, 9.17) is 5.73 Å². The molecule has 0 aromatic heterocycles. The lowest BCUT2D eigenvalue weighted by molar-refractivity contribution is 0.0785. The third-order valence-electron chi connectivity index (χ3n) is 3.81. The van der Waals surface area contributed by atoms with Crippen LogP contribution in [0.25, 0.3) is 0 Å². The lowest BCUT2D eigenvalue weighted by Crippen LogP contribution is -2.28. The number of likely N-dealkylation sites (tertiary alicyclic amines) is 1. The van der Waals surface area contributed by atoms with Crippen molar-refractivity contribution in [3.05, 3.63) is 35.4 Å². The molecule has 0 saturated carbocycles. The van der Waals surface area contributed by atoms with Crippen LogP contribution >= 0.6 is 0 Å². The van der Waals surface area contributed by atoms with Crippen LogP contribution in [0.4, 0.5) is 0 Å². The van der Waals surface area contributed by atoms with E-state index in [0.29, 0.717) is 18.4 Å². The quantitative estimate of drug-likeness (QED) is 0.904. The molecule has 1 fully saturated rings. The minimum atomic E-state index is 0.162. The molecular weight excluding hydrogens is 236 g/mol. The predicted octanol–water partition coefficient (Wildman–Crippen LogP) is 2.65. The second kappa shape index (κ2) is 6.20. The van der Waals surface area contributed by atoms with Gasteiger partial charge in [0.1, 0.15) is 0 Å². The van der Waals surface area contributed by atoms with Crippen LogP contribution in [0.1, 0.15) is 42.6 Å². The molecular formula is C16H24N2O. The van der Waals surface area contributed by atoms with Crippen molar-refractivity contribution in [3.63, 3.8) is 0 Å². The Bertz CT molecular complexity index is 425. The van der Waals surface area contributed by atoms with E-state index in [-0.39, 0.29) is 5.91 Å². The number of nitrogens with two attached hydrogens (primary N) is 1. The first kappa shape index (κ1) is 14.1. The summed E-state index contributed by atoms with van der Waals surface area (Å²) < 4.78 is 0. The Hall–Kier alpha value is -1.35. The second-order valence-electron chi connectivity index (χ2n) is 5.94. The van der Waals surface area contributed by atoms with Gasteiger partial charge < -0.3 is 10.6 Å². The summed E-state index contributed by atoms with van der Waals surface area (Å²) in [6, 6.07) is 7.66. The summed E-state index contributed by atoms with van der Waals surface area (Å²) in [6.45, 7) is 6.82. The van der Waals surface area contributed by atoms with Gasteiger partial charge >= 0.3 is 0 Å². The van der Waals surface area contributed by atoms with Crippen LogP contribution in [0.5, 0.6) is 0 Å². The second-order valence-corrected chi connectivity index (χ2v) is 5.94. The van der Waals surface area contributed by atoms with Crippen LogP contribution in [0.2, 0.25) is 0 Å². The molecule has 1 aromatic carbocycles. The van der Waals surface area contributed by atoms with Gasteiger partial charge in [0.25, 0.3) is 5.91 Å². The van der Waals surface area contributed by atoms with Crippen molar-refractivity contribution in [1.29, 1.82) is 0 Å². The average molecular weight is 260 g/mol. The molecule has 1 aliphatic heterocycles. The van der Waals surface area contributed by atoms with Gasteiger partial charge in [-0.2, -0.15) is 0 Å². The van der Waals surface area contributed by atoms with Crippen LogP contribution in [-0.2, 0) is 6.54 Å². The Labute approximate surface area is 115 Å². The van der Waals surface area contributed by atoms with Gasteiger partial charge in [0.2, 0.25) is 0 Å². The first-order valence-corrected chi connectivity index (χ1v) is 7.18. The van der Waals surface area contributed by atoms with E-state index >= 15 is 0 Å². The maximum Gasteiger partial charge on any atom is 0.253 e. The lowest BCUT2D eigenvalue weighted by atomic mass is 9.97. The van der Waals surface area contributed by atoms with E-state index in [2.05, 4.69) is 13.8 Å². The van der Waals surface area contributed by atoms with Crippen molar-refractivity contribution < 1.29 is 4.79 Å². The average Bonchev–Trinajstić information content (AvgIpc) is 2.85. The first-order valence-electron chi connectivity index (χ1n) is 7.18. The monoisotopic (exact) mass is 260 g/mol. The highest BCUT2D eigenvalue weighted by atomic mass is 16.2. The van der Waals surface area contributed by atoms with Gasteiger partial charge in [-0.3, -0.25) is 4.79 Å². The topological polar surface area (TPSA) is 46.3 Å². The van der Waals surface area contributed by atoms with Gasteiger partial charge in [0.15, 0.2) is 0 Å².